The summed E-state index contributed by atoms with van der Waals surface area (Å²) in [5.74, 6) is 0.442. The number of amides is 1. The first kappa shape index (κ1) is 22.6. The van der Waals surface area contributed by atoms with Gasteiger partial charge < -0.3 is 5.32 Å². The monoisotopic (exact) mass is 513 g/mol. The second-order valence-electron chi connectivity index (χ2n) is 8.47. The standard InChI is InChI=1S/C27H20ClN5O2S/c28-18-10-12-19(13-11-18)33-25-22(15-29-33)26(35)32-20(16-36-27(32)31-25)14-24(34)30-23-9-5-4-8-21(23)17-6-2-1-3-7-17/h1-13,15,20H,14,16H2,(H,30,34). The summed E-state index contributed by atoms with van der Waals surface area (Å²) in [6.07, 6.45) is 1.70. The molecule has 3 heterocycles. The van der Waals surface area contributed by atoms with Gasteiger partial charge >= 0.3 is 0 Å². The molecule has 1 amide bonds. The van der Waals surface area contributed by atoms with Crippen LogP contribution in [0, 0.1) is 0 Å². The average Bonchev–Trinajstić information content (AvgIpc) is 3.50. The smallest absolute Gasteiger partial charge is 0.265 e. The minimum atomic E-state index is -0.294. The van der Waals surface area contributed by atoms with E-state index >= 15 is 0 Å². The second kappa shape index (κ2) is 9.29. The number of nitrogens with one attached hydrogen (secondary N) is 1. The molecule has 1 aliphatic rings. The molecule has 0 saturated carbocycles. The van der Waals surface area contributed by atoms with Crippen LogP contribution in [0.5, 0.6) is 0 Å². The van der Waals surface area contributed by atoms with Gasteiger partial charge in [-0.3, -0.25) is 14.2 Å². The maximum Gasteiger partial charge on any atom is 0.265 e. The molecule has 0 radical (unpaired) electrons. The van der Waals surface area contributed by atoms with E-state index in [0.29, 0.717) is 27.0 Å². The lowest BCUT2D eigenvalue weighted by molar-refractivity contribution is -0.116. The minimum Gasteiger partial charge on any atom is -0.325 e. The van der Waals surface area contributed by atoms with E-state index in [1.54, 1.807) is 21.4 Å². The van der Waals surface area contributed by atoms with Crippen molar-refractivity contribution >= 4 is 46.0 Å². The number of anilines is 1. The number of carbonyl (C=O) groups excluding carboxylic acids is 1. The molecule has 1 unspecified atom stereocenters. The fourth-order valence-corrected chi connectivity index (χ4v) is 5.69. The highest BCUT2D eigenvalue weighted by molar-refractivity contribution is 7.99. The van der Waals surface area contributed by atoms with Crippen molar-refractivity contribution in [2.24, 2.45) is 0 Å². The topological polar surface area (TPSA) is 81.8 Å². The number of aromatic nitrogens is 4. The molecule has 0 spiro atoms. The highest BCUT2D eigenvalue weighted by Crippen LogP contribution is 2.34. The Balaban J connectivity index is 1.27. The van der Waals surface area contributed by atoms with Gasteiger partial charge in [-0.25, -0.2) is 9.67 Å². The number of para-hydroxylation sites is 1. The summed E-state index contributed by atoms with van der Waals surface area (Å²) >= 11 is 7.48. The van der Waals surface area contributed by atoms with Gasteiger partial charge in [0, 0.05) is 28.4 Å². The number of fused-ring (bicyclic) bond motifs is 2. The maximum atomic E-state index is 13.4. The first-order chi connectivity index (χ1) is 17.6. The second-order valence-corrected chi connectivity index (χ2v) is 9.89. The molecule has 9 heteroatoms. The zero-order valence-corrected chi connectivity index (χ0v) is 20.5. The Labute approximate surface area is 215 Å². The number of carbonyl (C=O) groups is 1. The maximum absolute atomic E-state index is 13.4. The van der Waals surface area contributed by atoms with Crippen molar-refractivity contribution in [2.45, 2.75) is 17.6 Å². The molecule has 1 aliphatic heterocycles. The van der Waals surface area contributed by atoms with Gasteiger partial charge in [0.05, 0.1) is 17.9 Å². The summed E-state index contributed by atoms with van der Waals surface area (Å²) in [5.41, 5.74) is 3.77. The van der Waals surface area contributed by atoms with Gasteiger partial charge in [0.15, 0.2) is 10.8 Å². The van der Waals surface area contributed by atoms with Gasteiger partial charge in [-0.2, -0.15) is 5.10 Å². The highest BCUT2D eigenvalue weighted by Gasteiger charge is 2.29. The minimum absolute atomic E-state index is 0.152. The number of hydrogen-bond donors (Lipinski definition) is 1. The van der Waals surface area contributed by atoms with Crippen LogP contribution in [0.1, 0.15) is 12.5 Å². The van der Waals surface area contributed by atoms with Crippen molar-refractivity contribution in [1.29, 1.82) is 0 Å². The van der Waals surface area contributed by atoms with Gasteiger partial charge in [-0.05, 0) is 35.9 Å². The summed E-state index contributed by atoms with van der Waals surface area (Å²) in [7, 11) is 0. The van der Waals surface area contributed by atoms with Crippen LogP contribution >= 0.6 is 23.4 Å². The van der Waals surface area contributed by atoms with Crippen molar-refractivity contribution in [3.8, 4) is 16.8 Å². The van der Waals surface area contributed by atoms with E-state index in [0.717, 1.165) is 22.5 Å². The lowest BCUT2D eigenvalue weighted by atomic mass is 10.0. The summed E-state index contributed by atoms with van der Waals surface area (Å²) < 4.78 is 3.26. The van der Waals surface area contributed by atoms with Crippen LogP contribution in [0.15, 0.2) is 95.0 Å². The summed E-state index contributed by atoms with van der Waals surface area (Å²) in [6.45, 7) is 0. The lowest BCUT2D eigenvalue weighted by Crippen LogP contribution is -2.27. The van der Waals surface area contributed by atoms with E-state index in [1.165, 1.54) is 18.0 Å². The Morgan fingerprint density at radius 2 is 1.78 bits per heavy atom. The molecule has 178 valence electrons. The number of thioether (sulfide) groups is 1. The van der Waals surface area contributed by atoms with E-state index in [2.05, 4.69) is 10.4 Å². The largest absolute Gasteiger partial charge is 0.325 e. The first-order valence-corrected chi connectivity index (χ1v) is 12.8. The molecule has 5 aromatic rings. The summed E-state index contributed by atoms with van der Waals surface area (Å²) in [4.78, 5) is 31.2. The number of rotatable bonds is 5. The summed E-state index contributed by atoms with van der Waals surface area (Å²) in [6, 6.07) is 24.5. The molecule has 3 aromatic carbocycles. The quantitative estimate of drug-likeness (QED) is 0.310. The Morgan fingerprint density at radius 3 is 2.58 bits per heavy atom. The molecule has 0 aliphatic carbocycles. The molecule has 36 heavy (non-hydrogen) atoms. The van der Waals surface area contributed by atoms with Crippen molar-refractivity contribution in [2.75, 3.05) is 11.1 Å². The van der Waals surface area contributed by atoms with Crippen LogP contribution < -0.4 is 10.9 Å². The lowest BCUT2D eigenvalue weighted by Gasteiger charge is -2.15. The Hall–Kier alpha value is -3.88. The predicted octanol–water partition coefficient (Wildman–Crippen LogP) is 5.58. The third-order valence-corrected chi connectivity index (χ3v) is 7.50. The molecule has 1 atom stereocenters. The Bertz CT molecular complexity index is 1650. The van der Waals surface area contributed by atoms with Crippen LogP contribution in [-0.2, 0) is 4.79 Å². The molecule has 0 saturated heterocycles. The van der Waals surface area contributed by atoms with Crippen LogP contribution in [0.25, 0.3) is 27.8 Å². The zero-order chi connectivity index (χ0) is 24.6. The van der Waals surface area contributed by atoms with E-state index in [9.17, 15) is 9.59 Å². The van der Waals surface area contributed by atoms with E-state index in [1.807, 2.05) is 66.7 Å². The van der Waals surface area contributed by atoms with Crippen molar-refractivity contribution < 1.29 is 4.79 Å². The average molecular weight is 514 g/mol. The van der Waals surface area contributed by atoms with Gasteiger partial charge in [-0.1, -0.05) is 71.9 Å². The van der Waals surface area contributed by atoms with Crippen LogP contribution in [0.2, 0.25) is 5.02 Å². The Kier molecular flexibility index (Phi) is 5.83. The van der Waals surface area contributed by atoms with Crippen molar-refractivity contribution in [1.82, 2.24) is 19.3 Å². The van der Waals surface area contributed by atoms with E-state index in [-0.39, 0.29) is 23.9 Å². The van der Waals surface area contributed by atoms with Crippen molar-refractivity contribution in [3.63, 3.8) is 0 Å². The summed E-state index contributed by atoms with van der Waals surface area (Å²) in [5, 5.41) is 9.05. The van der Waals surface area contributed by atoms with Gasteiger partial charge in [-0.15, -0.1) is 0 Å². The van der Waals surface area contributed by atoms with Crippen LogP contribution in [-0.4, -0.2) is 31.0 Å². The predicted molar refractivity (Wildman–Crippen MR) is 143 cm³/mol. The Morgan fingerprint density at radius 1 is 1.03 bits per heavy atom. The number of halogens is 1. The van der Waals surface area contributed by atoms with Gasteiger partial charge in [0.25, 0.3) is 5.56 Å². The number of nitrogens with zero attached hydrogens (tertiary/aromatic N) is 4. The molecule has 6 rings (SSSR count). The molecule has 7 nitrogen and oxygen atoms in total. The molecule has 2 aromatic heterocycles. The SMILES string of the molecule is O=C(CC1CSc2nc3c(cnn3-c3ccc(Cl)cc3)c(=O)n21)Nc1ccccc1-c1ccccc1. The van der Waals surface area contributed by atoms with Crippen LogP contribution in [0.4, 0.5) is 5.69 Å². The van der Waals surface area contributed by atoms with Gasteiger partial charge in [0.2, 0.25) is 5.91 Å². The number of hydrogen-bond acceptors (Lipinski definition) is 5. The molecule has 0 fully saturated rings. The third-order valence-electron chi connectivity index (χ3n) is 6.15. The third kappa shape index (κ3) is 4.08. The molecular formula is C27H20ClN5O2S. The van der Waals surface area contributed by atoms with Crippen LogP contribution in [0.3, 0.4) is 0 Å². The van der Waals surface area contributed by atoms with E-state index < -0.39 is 0 Å². The normalized spacial score (nSPS) is 14.6. The molecular weight excluding hydrogens is 494 g/mol. The number of benzene rings is 3. The highest BCUT2D eigenvalue weighted by atomic mass is 35.5. The van der Waals surface area contributed by atoms with E-state index in [4.69, 9.17) is 16.6 Å². The van der Waals surface area contributed by atoms with Gasteiger partial charge in [0.1, 0.15) is 5.39 Å². The molecule has 0 bridgehead atoms. The first-order valence-electron chi connectivity index (χ1n) is 11.4. The molecule has 1 N–H and O–H groups in total. The fourth-order valence-electron chi connectivity index (χ4n) is 4.43. The van der Waals surface area contributed by atoms with Crippen molar-refractivity contribution in [3.05, 3.63) is 100 Å². The zero-order valence-electron chi connectivity index (χ0n) is 19.0. The fraction of sp³-hybridized carbons (Fsp3) is 0.111.